The van der Waals surface area contributed by atoms with Crippen molar-refractivity contribution in [2.45, 2.75) is 6.54 Å². The number of nitrogens with two attached hydrogens (primary N) is 1. The normalized spacial score (nSPS) is 10.1. The van der Waals surface area contributed by atoms with Crippen molar-refractivity contribution < 1.29 is 4.74 Å². The summed E-state index contributed by atoms with van der Waals surface area (Å²) in [5.74, 6) is 7.13. The number of methoxy groups -OCH3 is 1. The van der Waals surface area contributed by atoms with E-state index in [1.54, 1.807) is 13.3 Å². The van der Waals surface area contributed by atoms with Gasteiger partial charge in [0.05, 0.1) is 11.6 Å². The minimum atomic E-state index is 0.358. The predicted octanol–water partition coefficient (Wildman–Crippen LogP) is 2.15. The molecule has 0 aliphatic heterocycles. The van der Waals surface area contributed by atoms with E-state index in [1.165, 1.54) is 0 Å². The molecule has 4 N–H and O–H groups in total. The lowest BCUT2D eigenvalue weighted by molar-refractivity contribution is 0.414. The molecule has 0 aliphatic carbocycles. The van der Waals surface area contributed by atoms with Gasteiger partial charge in [-0.1, -0.05) is 12.1 Å². The molecule has 0 spiro atoms. The summed E-state index contributed by atoms with van der Waals surface area (Å²) in [5, 5.41) is 3.21. The van der Waals surface area contributed by atoms with Crippen LogP contribution >= 0.6 is 15.9 Å². The molecule has 0 unspecified atom stereocenters. The Morgan fingerprint density at radius 1 is 1.42 bits per heavy atom. The number of aromatic nitrogens is 2. The average molecular weight is 324 g/mol. The Bertz CT molecular complexity index is 564. The highest BCUT2D eigenvalue weighted by molar-refractivity contribution is 9.10. The molecule has 1 aromatic heterocycles. The fourth-order valence-corrected chi connectivity index (χ4v) is 1.86. The lowest BCUT2D eigenvalue weighted by Crippen LogP contribution is -2.12. The molecule has 0 amide bonds. The number of halogens is 1. The van der Waals surface area contributed by atoms with Crippen molar-refractivity contribution in [2.75, 3.05) is 17.9 Å². The number of nitrogens with zero attached hydrogens (tertiary/aromatic N) is 2. The molecule has 0 saturated carbocycles. The van der Waals surface area contributed by atoms with Crippen molar-refractivity contribution in [1.82, 2.24) is 9.97 Å². The molecule has 0 saturated heterocycles. The van der Waals surface area contributed by atoms with E-state index in [4.69, 9.17) is 10.6 Å². The Morgan fingerprint density at radius 2 is 2.26 bits per heavy atom. The topological polar surface area (TPSA) is 85.1 Å². The van der Waals surface area contributed by atoms with Crippen LogP contribution in [0.4, 0.5) is 11.8 Å². The van der Waals surface area contributed by atoms with Gasteiger partial charge in [-0.25, -0.2) is 10.8 Å². The molecular formula is C12H14BrN5O. The largest absolute Gasteiger partial charge is 0.497 e. The van der Waals surface area contributed by atoms with E-state index >= 15 is 0 Å². The molecule has 1 aromatic carbocycles. The maximum atomic E-state index is 5.28. The first-order valence-corrected chi connectivity index (χ1v) is 6.38. The van der Waals surface area contributed by atoms with E-state index in [-0.39, 0.29) is 0 Å². The lowest BCUT2D eigenvalue weighted by Gasteiger charge is -2.09. The summed E-state index contributed by atoms with van der Waals surface area (Å²) in [4.78, 5) is 8.20. The van der Waals surface area contributed by atoms with Crippen LogP contribution in [-0.4, -0.2) is 17.1 Å². The van der Waals surface area contributed by atoms with Crippen molar-refractivity contribution in [3.05, 3.63) is 40.5 Å². The second-order valence-corrected chi connectivity index (χ2v) is 4.59. The smallest absolute Gasteiger partial charge is 0.239 e. The molecule has 0 bridgehead atoms. The van der Waals surface area contributed by atoms with Crippen molar-refractivity contribution in [3.8, 4) is 5.75 Å². The third-order valence-electron chi connectivity index (χ3n) is 2.47. The Morgan fingerprint density at radius 3 is 3.00 bits per heavy atom. The van der Waals surface area contributed by atoms with Gasteiger partial charge in [0.2, 0.25) is 5.95 Å². The van der Waals surface area contributed by atoms with E-state index in [1.807, 2.05) is 24.3 Å². The molecule has 1 heterocycles. The summed E-state index contributed by atoms with van der Waals surface area (Å²) >= 11 is 3.38. The molecule has 2 rings (SSSR count). The van der Waals surface area contributed by atoms with E-state index < -0.39 is 0 Å². The number of ether oxygens (including phenoxy) is 1. The Hall–Kier alpha value is -1.86. The van der Waals surface area contributed by atoms with E-state index in [0.29, 0.717) is 18.3 Å². The number of anilines is 2. The summed E-state index contributed by atoms with van der Waals surface area (Å²) in [6.45, 7) is 0.622. The summed E-state index contributed by atoms with van der Waals surface area (Å²) < 4.78 is 5.95. The molecule has 0 aliphatic rings. The average Bonchev–Trinajstić information content (AvgIpc) is 2.46. The number of hydrazine groups is 1. The van der Waals surface area contributed by atoms with Gasteiger partial charge in [0.1, 0.15) is 11.6 Å². The zero-order valence-electron chi connectivity index (χ0n) is 10.4. The monoisotopic (exact) mass is 323 g/mol. The van der Waals surface area contributed by atoms with Crippen LogP contribution in [0.1, 0.15) is 5.56 Å². The minimum absolute atomic E-state index is 0.358. The summed E-state index contributed by atoms with van der Waals surface area (Å²) in [7, 11) is 1.65. The van der Waals surface area contributed by atoms with E-state index in [9.17, 15) is 0 Å². The van der Waals surface area contributed by atoms with E-state index in [0.717, 1.165) is 15.8 Å². The first-order chi connectivity index (χ1) is 9.22. The molecule has 0 fully saturated rings. The molecule has 6 nitrogen and oxygen atoms in total. The Kier molecular flexibility index (Phi) is 4.53. The van der Waals surface area contributed by atoms with Crippen molar-refractivity contribution in [1.29, 1.82) is 0 Å². The van der Waals surface area contributed by atoms with Crippen LogP contribution in [0.5, 0.6) is 5.75 Å². The molecule has 0 atom stereocenters. The first kappa shape index (κ1) is 13.6. The highest BCUT2D eigenvalue weighted by Gasteiger charge is 2.04. The third kappa shape index (κ3) is 3.55. The van der Waals surface area contributed by atoms with Gasteiger partial charge in [-0.3, -0.25) is 5.43 Å². The second kappa shape index (κ2) is 6.35. The quantitative estimate of drug-likeness (QED) is 0.577. The van der Waals surface area contributed by atoms with Gasteiger partial charge in [-0.2, -0.15) is 4.98 Å². The fourth-order valence-electron chi connectivity index (χ4n) is 1.53. The minimum Gasteiger partial charge on any atom is -0.497 e. The molecular weight excluding hydrogens is 310 g/mol. The van der Waals surface area contributed by atoms with Gasteiger partial charge >= 0.3 is 0 Å². The van der Waals surface area contributed by atoms with Gasteiger partial charge in [-0.05, 0) is 33.6 Å². The number of nitrogens with one attached hydrogen (secondary N) is 2. The number of hydrogen-bond acceptors (Lipinski definition) is 6. The van der Waals surface area contributed by atoms with Crippen LogP contribution in [0.15, 0.2) is 34.9 Å². The maximum Gasteiger partial charge on any atom is 0.239 e. The van der Waals surface area contributed by atoms with Crippen LogP contribution in [0, 0.1) is 0 Å². The SMILES string of the molecule is COc1cccc(CNc2nc(NN)ncc2Br)c1. The van der Waals surface area contributed by atoms with Crippen LogP contribution in [0.3, 0.4) is 0 Å². The predicted molar refractivity (Wildman–Crippen MR) is 77.9 cm³/mol. The molecule has 0 radical (unpaired) electrons. The van der Waals surface area contributed by atoms with Crippen LogP contribution in [0.2, 0.25) is 0 Å². The third-order valence-corrected chi connectivity index (χ3v) is 3.05. The molecule has 19 heavy (non-hydrogen) atoms. The lowest BCUT2D eigenvalue weighted by atomic mass is 10.2. The van der Waals surface area contributed by atoms with Gasteiger partial charge in [0.25, 0.3) is 0 Å². The molecule has 7 heteroatoms. The zero-order valence-corrected chi connectivity index (χ0v) is 11.9. The number of rotatable bonds is 5. The number of hydrogen-bond donors (Lipinski definition) is 3. The van der Waals surface area contributed by atoms with Crippen molar-refractivity contribution >= 4 is 27.7 Å². The second-order valence-electron chi connectivity index (χ2n) is 3.74. The fraction of sp³-hybridized carbons (Fsp3) is 0.167. The van der Waals surface area contributed by atoms with Gasteiger partial charge in [0, 0.05) is 12.7 Å². The number of nitrogen functional groups attached to an aromatic ring is 1. The highest BCUT2D eigenvalue weighted by Crippen LogP contribution is 2.21. The highest BCUT2D eigenvalue weighted by atomic mass is 79.9. The maximum absolute atomic E-state index is 5.28. The van der Waals surface area contributed by atoms with Crippen LogP contribution in [-0.2, 0) is 6.54 Å². The summed E-state index contributed by atoms with van der Waals surface area (Å²) in [6.07, 6.45) is 1.64. The standard InChI is InChI=1S/C12H14BrN5O/c1-19-9-4-2-3-8(5-9)6-15-11-10(13)7-16-12(17-11)18-14/h2-5,7H,6,14H2,1H3,(H2,15,16,17,18). The van der Waals surface area contributed by atoms with Crippen molar-refractivity contribution in [3.63, 3.8) is 0 Å². The zero-order chi connectivity index (χ0) is 13.7. The van der Waals surface area contributed by atoms with Crippen LogP contribution in [0.25, 0.3) is 0 Å². The van der Waals surface area contributed by atoms with Crippen LogP contribution < -0.4 is 21.3 Å². The summed E-state index contributed by atoms with van der Waals surface area (Å²) in [6, 6.07) is 7.81. The number of benzene rings is 1. The van der Waals surface area contributed by atoms with Crippen molar-refractivity contribution in [2.24, 2.45) is 5.84 Å². The Labute approximate surface area is 119 Å². The van der Waals surface area contributed by atoms with E-state index in [2.05, 4.69) is 36.6 Å². The molecule has 2 aromatic rings. The molecule has 100 valence electrons. The summed E-state index contributed by atoms with van der Waals surface area (Å²) in [5.41, 5.74) is 3.50. The van der Waals surface area contributed by atoms with Gasteiger partial charge < -0.3 is 10.1 Å². The van der Waals surface area contributed by atoms with Gasteiger partial charge in [-0.15, -0.1) is 0 Å². The first-order valence-electron chi connectivity index (χ1n) is 5.59. The van der Waals surface area contributed by atoms with Gasteiger partial charge in [0.15, 0.2) is 0 Å². The Balaban J connectivity index is 2.09.